The van der Waals surface area contributed by atoms with Crippen LogP contribution >= 0.6 is 15.9 Å². The molecule has 0 spiro atoms. The molecule has 0 aliphatic carbocycles. The first kappa shape index (κ1) is 17.9. The highest BCUT2D eigenvalue weighted by Gasteiger charge is 2.35. The van der Waals surface area contributed by atoms with Crippen LogP contribution in [0.2, 0.25) is 0 Å². The van der Waals surface area contributed by atoms with E-state index in [1.165, 1.54) is 18.9 Å². The second-order valence-corrected chi connectivity index (χ2v) is 6.16. The van der Waals surface area contributed by atoms with Crippen LogP contribution in [-0.2, 0) is 19.1 Å². The summed E-state index contributed by atoms with van der Waals surface area (Å²) in [5.74, 6) is -1.82. The van der Waals surface area contributed by atoms with Crippen molar-refractivity contribution in [1.82, 2.24) is 9.80 Å². The highest BCUT2D eigenvalue weighted by Crippen LogP contribution is 2.14. The summed E-state index contributed by atoms with van der Waals surface area (Å²) in [5.41, 5.74) is 0.553. The zero-order chi connectivity index (χ0) is 17.9. The molecular formula is C15H16BrN3O5. The molecule has 0 bridgehead atoms. The van der Waals surface area contributed by atoms with Crippen LogP contribution in [0.3, 0.4) is 0 Å². The predicted octanol–water partition coefficient (Wildman–Crippen LogP) is 1.21. The van der Waals surface area contributed by atoms with Gasteiger partial charge in [0.25, 0.3) is 11.8 Å². The number of hydrogen-bond acceptors (Lipinski definition) is 5. The van der Waals surface area contributed by atoms with Gasteiger partial charge in [0, 0.05) is 17.2 Å². The van der Waals surface area contributed by atoms with Crippen LogP contribution in [0.5, 0.6) is 0 Å². The topological polar surface area (TPSA) is 96.0 Å². The smallest absolute Gasteiger partial charge is 0.327 e. The lowest BCUT2D eigenvalue weighted by Gasteiger charge is -2.16. The molecule has 24 heavy (non-hydrogen) atoms. The molecule has 1 saturated heterocycles. The number of carbonyl (C=O) groups is 4. The molecule has 1 atom stereocenters. The van der Waals surface area contributed by atoms with Crippen LogP contribution in [0.15, 0.2) is 28.7 Å². The number of ether oxygens (including phenoxy) is 1. The van der Waals surface area contributed by atoms with Gasteiger partial charge in [0.2, 0.25) is 0 Å². The Morgan fingerprint density at radius 2 is 1.92 bits per heavy atom. The first-order valence-corrected chi connectivity index (χ1v) is 7.88. The summed E-state index contributed by atoms with van der Waals surface area (Å²) >= 11 is 3.28. The number of likely N-dealkylation sites (N-methyl/N-ethyl adjacent to an activating group) is 1. The van der Waals surface area contributed by atoms with E-state index in [4.69, 9.17) is 4.74 Å². The van der Waals surface area contributed by atoms with Crippen molar-refractivity contribution in [2.75, 3.05) is 25.5 Å². The molecule has 1 aromatic carbocycles. The quantitative estimate of drug-likeness (QED) is 0.594. The molecule has 2 rings (SSSR count). The number of anilines is 1. The monoisotopic (exact) mass is 397 g/mol. The minimum Gasteiger partial charge on any atom is -0.451 e. The van der Waals surface area contributed by atoms with Crippen molar-refractivity contribution in [3.8, 4) is 0 Å². The predicted molar refractivity (Wildman–Crippen MR) is 88.1 cm³/mol. The third-order valence-corrected chi connectivity index (χ3v) is 3.84. The molecule has 9 heteroatoms. The Balaban J connectivity index is 1.86. The number of hydrogen-bond donors (Lipinski definition) is 1. The molecule has 0 saturated carbocycles. The van der Waals surface area contributed by atoms with E-state index in [-0.39, 0.29) is 6.54 Å². The summed E-state index contributed by atoms with van der Waals surface area (Å²) in [5, 5.41) is 2.60. The Hall–Kier alpha value is -2.42. The number of carbonyl (C=O) groups excluding carboxylic acids is 4. The zero-order valence-electron chi connectivity index (χ0n) is 13.1. The van der Waals surface area contributed by atoms with E-state index in [1.807, 2.05) is 0 Å². The van der Waals surface area contributed by atoms with E-state index in [2.05, 4.69) is 21.2 Å². The van der Waals surface area contributed by atoms with Gasteiger partial charge in [0.05, 0.1) is 0 Å². The Bertz CT molecular complexity index is 676. The van der Waals surface area contributed by atoms with Gasteiger partial charge in [-0.05, 0) is 31.2 Å². The maximum atomic E-state index is 12.0. The van der Waals surface area contributed by atoms with Gasteiger partial charge in [0.1, 0.15) is 13.1 Å². The number of imide groups is 1. The first-order valence-electron chi connectivity index (χ1n) is 7.09. The number of urea groups is 1. The standard InChI is InChI=1S/C15H16BrN3O5/c1-9(14(22)17-11-5-3-10(16)4-6-11)24-13(21)8-19-12(20)7-18(2)15(19)23/h3-6,9H,7-8H2,1-2H3,(H,17,22)/t9-/m1/s1. The van der Waals surface area contributed by atoms with Gasteiger partial charge in [-0.3, -0.25) is 19.3 Å². The maximum absolute atomic E-state index is 12.0. The molecule has 1 heterocycles. The van der Waals surface area contributed by atoms with Crippen LogP contribution < -0.4 is 5.32 Å². The second kappa shape index (κ2) is 7.43. The number of amides is 4. The van der Waals surface area contributed by atoms with Crippen molar-refractivity contribution in [2.24, 2.45) is 0 Å². The highest BCUT2D eigenvalue weighted by atomic mass is 79.9. The third kappa shape index (κ3) is 4.31. The third-order valence-electron chi connectivity index (χ3n) is 3.31. The molecule has 0 aromatic heterocycles. The molecule has 1 fully saturated rings. The number of rotatable bonds is 5. The summed E-state index contributed by atoms with van der Waals surface area (Å²) in [7, 11) is 1.46. The molecule has 1 aromatic rings. The van der Waals surface area contributed by atoms with Crippen LogP contribution in [0.4, 0.5) is 10.5 Å². The number of halogens is 1. The maximum Gasteiger partial charge on any atom is 0.327 e. The summed E-state index contributed by atoms with van der Waals surface area (Å²) in [6, 6.07) is 6.33. The van der Waals surface area contributed by atoms with E-state index in [0.717, 1.165) is 9.37 Å². The SMILES string of the molecule is C[C@@H](OC(=O)CN1C(=O)CN(C)C1=O)C(=O)Nc1ccc(Br)cc1. The summed E-state index contributed by atoms with van der Waals surface area (Å²) in [4.78, 5) is 49.1. The van der Waals surface area contributed by atoms with Crippen LogP contribution in [0.25, 0.3) is 0 Å². The minimum absolute atomic E-state index is 0.0777. The van der Waals surface area contributed by atoms with E-state index in [0.29, 0.717) is 5.69 Å². The molecule has 1 aliphatic heterocycles. The summed E-state index contributed by atoms with van der Waals surface area (Å²) in [6.45, 7) is 0.815. The lowest BCUT2D eigenvalue weighted by Crippen LogP contribution is -2.39. The number of benzene rings is 1. The van der Waals surface area contributed by atoms with Gasteiger partial charge in [-0.15, -0.1) is 0 Å². The molecule has 4 amide bonds. The Morgan fingerprint density at radius 1 is 1.29 bits per heavy atom. The van der Waals surface area contributed by atoms with Crippen molar-refractivity contribution in [1.29, 1.82) is 0 Å². The largest absolute Gasteiger partial charge is 0.451 e. The zero-order valence-corrected chi connectivity index (χ0v) is 14.7. The number of nitrogens with zero attached hydrogens (tertiary/aromatic N) is 2. The van der Waals surface area contributed by atoms with Gasteiger partial charge < -0.3 is 15.0 Å². The minimum atomic E-state index is -1.06. The lowest BCUT2D eigenvalue weighted by molar-refractivity contribution is -0.154. The Kier molecular flexibility index (Phi) is 5.55. The van der Waals surface area contributed by atoms with E-state index in [1.54, 1.807) is 24.3 Å². The number of esters is 1. The lowest BCUT2D eigenvalue weighted by atomic mass is 10.3. The van der Waals surface area contributed by atoms with Gasteiger partial charge in [0.15, 0.2) is 6.10 Å². The highest BCUT2D eigenvalue weighted by molar-refractivity contribution is 9.10. The number of nitrogens with one attached hydrogen (secondary N) is 1. The van der Waals surface area contributed by atoms with Crippen LogP contribution in [0.1, 0.15) is 6.92 Å². The average Bonchev–Trinajstić information content (AvgIpc) is 2.76. The van der Waals surface area contributed by atoms with Crippen molar-refractivity contribution >= 4 is 45.4 Å². The normalized spacial score (nSPS) is 15.5. The van der Waals surface area contributed by atoms with Crippen molar-refractivity contribution in [3.05, 3.63) is 28.7 Å². The fourth-order valence-corrected chi connectivity index (χ4v) is 2.28. The van der Waals surface area contributed by atoms with E-state index in [9.17, 15) is 19.2 Å². The van der Waals surface area contributed by atoms with Crippen molar-refractivity contribution in [2.45, 2.75) is 13.0 Å². The molecule has 8 nitrogen and oxygen atoms in total. The van der Waals surface area contributed by atoms with Gasteiger partial charge in [-0.25, -0.2) is 4.79 Å². The molecule has 128 valence electrons. The fraction of sp³-hybridized carbons (Fsp3) is 0.333. The Labute approximate surface area is 146 Å². The van der Waals surface area contributed by atoms with Crippen molar-refractivity contribution in [3.63, 3.8) is 0 Å². The first-order chi connectivity index (χ1) is 11.3. The Morgan fingerprint density at radius 3 is 2.46 bits per heavy atom. The molecule has 0 unspecified atom stereocenters. The molecular weight excluding hydrogens is 382 g/mol. The fourth-order valence-electron chi connectivity index (χ4n) is 2.02. The van der Waals surface area contributed by atoms with E-state index >= 15 is 0 Å². The van der Waals surface area contributed by atoms with Gasteiger partial charge in [-0.1, -0.05) is 15.9 Å². The molecule has 1 aliphatic rings. The average molecular weight is 398 g/mol. The van der Waals surface area contributed by atoms with Crippen molar-refractivity contribution < 1.29 is 23.9 Å². The van der Waals surface area contributed by atoms with E-state index < -0.39 is 36.5 Å². The van der Waals surface area contributed by atoms with Crippen LogP contribution in [-0.4, -0.2) is 59.9 Å². The second-order valence-electron chi connectivity index (χ2n) is 5.25. The summed E-state index contributed by atoms with van der Waals surface area (Å²) in [6.07, 6.45) is -1.06. The molecule has 0 radical (unpaired) electrons. The van der Waals surface area contributed by atoms with Crippen LogP contribution in [0, 0.1) is 0 Å². The molecule has 1 N–H and O–H groups in total. The van der Waals surface area contributed by atoms with Gasteiger partial charge >= 0.3 is 12.0 Å². The summed E-state index contributed by atoms with van der Waals surface area (Å²) < 4.78 is 5.84. The van der Waals surface area contributed by atoms with Gasteiger partial charge in [-0.2, -0.15) is 0 Å².